The molecule has 25 heavy (non-hydrogen) atoms. The molecule has 2 aliphatic heterocycles. The Hall–Kier alpha value is -2.41. The number of para-hydroxylation sites is 1. The maximum absolute atomic E-state index is 12.4. The van der Waals surface area contributed by atoms with E-state index in [1.807, 2.05) is 29.6 Å². The first-order chi connectivity index (χ1) is 12.2. The molecular weight excluding hydrogens is 338 g/mol. The van der Waals surface area contributed by atoms with Gasteiger partial charge in [-0.3, -0.25) is 14.5 Å². The Kier molecular flexibility index (Phi) is 4.40. The minimum absolute atomic E-state index is 0.0317. The minimum atomic E-state index is -0.0636. The second-order valence-electron chi connectivity index (χ2n) is 6.24. The number of rotatable bonds is 4. The number of nitrogens with zero attached hydrogens (tertiary/aromatic N) is 2. The molecule has 6 nitrogen and oxygen atoms in total. The van der Waals surface area contributed by atoms with Crippen molar-refractivity contribution in [1.29, 1.82) is 0 Å². The Morgan fingerprint density at radius 2 is 2.28 bits per heavy atom. The van der Waals surface area contributed by atoms with Crippen molar-refractivity contribution in [1.82, 2.24) is 10.3 Å². The third-order valence-electron chi connectivity index (χ3n) is 4.48. The molecule has 0 spiro atoms. The summed E-state index contributed by atoms with van der Waals surface area (Å²) in [6, 6.07) is 7.76. The van der Waals surface area contributed by atoms with Crippen LogP contribution in [0, 0.1) is 0 Å². The van der Waals surface area contributed by atoms with Crippen molar-refractivity contribution < 1.29 is 14.3 Å². The van der Waals surface area contributed by atoms with E-state index >= 15 is 0 Å². The number of hydrogen-bond donors (Lipinski definition) is 1. The zero-order valence-corrected chi connectivity index (χ0v) is 14.6. The molecule has 3 heterocycles. The summed E-state index contributed by atoms with van der Waals surface area (Å²) in [5.41, 5.74) is 1.72. The molecule has 0 bridgehead atoms. The average molecular weight is 357 g/mol. The highest BCUT2D eigenvalue weighted by Crippen LogP contribution is 2.31. The molecule has 1 fully saturated rings. The monoisotopic (exact) mass is 357 g/mol. The highest BCUT2D eigenvalue weighted by Gasteiger charge is 2.25. The van der Waals surface area contributed by atoms with Crippen LogP contribution < -0.4 is 15.0 Å². The third kappa shape index (κ3) is 3.37. The van der Waals surface area contributed by atoms with Gasteiger partial charge in [0.1, 0.15) is 5.75 Å². The van der Waals surface area contributed by atoms with Gasteiger partial charge >= 0.3 is 0 Å². The van der Waals surface area contributed by atoms with Gasteiger partial charge in [0.05, 0.1) is 24.8 Å². The second kappa shape index (κ2) is 6.84. The lowest BCUT2D eigenvalue weighted by Gasteiger charge is -2.26. The van der Waals surface area contributed by atoms with Crippen molar-refractivity contribution in [2.24, 2.45) is 0 Å². The van der Waals surface area contributed by atoms with Crippen LogP contribution in [0.3, 0.4) is 0 Å². The summed E-state index contributed by atoms with van der Waals surface area (Å²) in [7, 11) is 0. The molecule has 1 atom stereocenters. The fourth-order valence-corrected chi connectivity index (χ4v) is 4.12. The summed E-state index contributed by atoms with van der Waals surface area (Å²) >= 11 is 1.42. The normalized spacial score (nSPS) is 19.4. The van der Waals surface area contributed by atoms with Gasteiger partial charge in [0.2, 0.25) is 11.8 Å². The molecule has 130 valence electrons. The number of carbonyl (C=O) groups excluding carboxylic acids is 2. The predicted octanol–water partition coefficient (Wildman–Crippen LogP) is 2.45. The Morgan fingerprint density at radius 3 is 3.12 bits per heavy atom. The molecule has 0 unspecified atom stereocenters. The van der Waals surface area contributed by atoms with Crippen LogP contribution in [0.25, 0.3) is 0 Å². The SMILES string of the molecule is O=C(Cc1csc(N2CCCC2=O)n1)N[C@@H]1CCOc2ccccc21. The highest BCUT2D eigenvalue weighted by molar-refractivity contribution is 7.14. The molecule has 0 radical (unpaired) electrons. The van der Waals surface area contributed by atoms with Gasteiger partial charge in [0.15, 0.2) is 5.13 Å². The van der Waals surface area contributed by atoms with E-state index in [4.69, 9.17) is 4.74 Å². The Labute approximate surface area is 149 Å². The second-order valence-corrected chi connectivity index (χ2v) is 7.08. The van der Waals surface area contributed by atoms with E-state index in [0.717, 1.165) is 30.7 Å². The molecule has 1 saturated heterocycles. The molecule has 1 aromatic heterocycles. The lowest BCUT2D eigenvalue weighted by Crippen LogP contribution is -2.33. The molecule has 0 saturated carbocycles. The van der Waals surface area contributed by atoms with Gasteiger partial charge in [0.25, 0.3) is 0 Å². The fourth-order valence-electron chi connectivity index (χ4n) is 3.25. The first-order valence-electron chi connectivity index (χ1n) is 8.46. The van der Waals surface area contributed by atoms with Crippen LogP contribution >= 0.6 is 11.3 Å². The quantitative estimate of drug-likeness (QED) is 0.912. The molecule has 1 N–H and O–H groups in total. The van der Waals surface area contributed by atoms with Crippen LogP contribution in [0.15, 0.2) is 29.6 Å². The van der Waals surface area contributed by atoms with Gasteiger partial charge in [-0.2, -0.15) is 0 Å². The van der Waals surface area contributed by atoms with E-state index in [9.17, 15) is 9.59 Å². The van der Waals surface area contributed by atoms with Crippen LogP contribution in [-0.4, -0.2) is 29.9 Å². The van der Waals surface area contributed by atoms with Crippen molar-refractivity contribution in [2.45, 2.75) is 31.7 Å². The number of fused-ring (bicyclic) bond motifs is 1. The van der Waals surface area contributed by atoms with Gasteiger partial charge in [-0.05, 0) is 12.5 Å². The number of aromatic nitrogens is 1. The Balaban J connectivity index is 1.40. The minimum Gasteiger partial charge on any atom is -0.493 e. The molecule has 2 aromatic rings. The average Bonchev–Trinajstić information content (AvgIpc) is 3.24. The van der Waals surface area contributed by atoms with Gasteiger partial charge in [-0.1, -0.05) is 18.2 Å². The van der Waals surface area contributed by atoms with Crippen LogP contribution in [0.5, 0.6) is 5.75 Å². The number of ether oxygens (including phenoxy) is 1. The van der Waals surface area contributed by atoms with Gasteiger partial charge in [-0.25, -0.2) is 4.98 Å². The zero-order chi connectivity index (χ0) is 17.2. The third-order valence-corrected chi connectivity index (χ3v) is 5.39. The summed E-state index contributed by atoms with van der Waals surface area (Å²) in [6.45, 7) is 1.32. The number of carbonyl (C=O) groups is 2. The number of nitrogens with one attached hydrogen (secondary N) is 1. The molecular formula is C18H19N3O3S. The van der Waals surface area contributed by atoms with Crippen molar-refractivity contribution in [3.05, 3.63) is 40.9 Å². The lowest BCUT2D eigenvalue weighted by molar-refractivity contribution is -0.121. The maximum Gasteiger partial charge on any atom is 0.228 e. The van der Waals surface area contributed by atoms with Crippen LogP contribution in [-0.2, 0) is 16.0 Å². The Bertz CT molecular complexity index is 804. The van der Waals surface area contributed by atoms with Crippen molar-refractivity contribution in [2.75, 3.05) is 18.1 Å². The first kappa shape index (κ1) is 16.1. The van der Waals surface area contributed by atoms with E-state index in [0.29, 0.717) is 23.9 Å². The number of thiazole rings is 1. The molecule has 1 aromatic carbocycles. The Morgan fingerprint density at radius 1 is 1.40 bits per heavy atom. The number of amides is 2. The summed E-state index contributed by atoms with van der Waals surface area (Å²) < 4.78 is 5.62. The first-order valence-corrected chi connectivity index (χ1v) is 9.34. The molecule has 4 rings (SSSR count). The van der Waals surface area contributed by atoms with E-state index < -0.39 is 0 Å². The molecule has 0 aliphatic carbocycles. The van der Waals surface area contributed by atoms with E-state index in [-0.39, 0.29) is 24.3 Å². The lowest BCUT2D eigenvalue weighted by atomic mass is 10.0. The zero-order valence-electron chi connectivity index (χ0n) is 13.7. The van der Waals surface area contributed by atoms with Gasteiger partial charge in [0, 0.05) is 30.3 Å². The van der Waals surface area contributed by atoms with Crippen molar-refractivity contribution >= 4 is 28.3 Å². The van der Waals surface area contributed by atoms with Crippen molar-refractivity contribution in [3.63, 3.8) is 0 Å². The summed E-state index contributed by atoms with van der Waals surface area (Å²) in [5.74, 6) is 0.887. The molecule has 2 aliphatic rings. The molecule has 2 amide bonds. The van der Waals surface area contributed by atoms with Crippen LogP contribution in [0.4, 0.5) is 5.13 Å². The fraction of sp³-hybridized carbons (Fsp3) is 0.389. The smallest absolute Gasteiger partial charge is 0.228 e. The topological polar surface area (TPSA) is 71.5 Å². The summed E-state index contributed by atoms with van der Waals surface area (Å²) in [4.78, 5) is 30.4. The number of anilines is 1. The van der Waals surface area contributed by atoms with Crippen LogP contribution in [0.2, 0.25) is 0 Å². The summed E-state index contributed by atoms with van der Waals surface area (Å²) in [6.07, 6.45) is 2.43. The van der Waals surface area contributed by atoms with E-state index in [1.165, 1.54) is 11.3 Å². The number of benzene rings is 1. The largest absolute Gasteiger partial charge is 0.493 e. The van der Waals surface area contributed by atoms with E-state index in [2.05, 4.69) is 10.3 Å². The highest BCUT2D eigenvalue weighted by atomic mass is 32.1. The maximum atomic E-state index is 12.4. The number of hydrogen-bond acceptors (Lipinski definition) is 5. The summed E-state index contributed by atoms with van der Waals surface area (Å²) in [5, 5.41) is 5.63. The van der Waals surface area contributed by atoms with Crippen molar-refractivity contribution in [3.8, 4) is 5.75 Å². The van der Waals surface area contributed by atoms with Gasteiger partial charge < -0.3 is 10.1 Å². The predicted molar refractivity (Wildman–Crippen MR) is 94.8 cm³/mol. The van der Waals surface area contributed by atoms with Crippen LogP contribution in [0.1, 0.15) is 36.6 Å². The molecule has 7 heteroatoms. The standard InChI is InChI=1S/C18H19N3O3S/c22-16(20-14-7-9-24-15-5-2-1-4-13(14)15)10-12-11-25-18(19-12)21-8-3-6-17(21)23/h1-2,4-5,11,14H,3,6-10H2,(H,20,22)/t14-/m1/s1. The van der Waals surface area contributed by atoms with E-state index in [1.54, 1.807) is 4.90 Å². The van der Waals surface area contributed by atoms with Gasteiger partial charge in [-0.15, -0.1) is 11.3 Å².